The highest BCUT2D eigenvalue weighted by Crippen LogP contribution is 2.35. The number of amides is 1. The van der Waals surface area contributed by atoms with Crippen LogP contribution in [-0.2, 0) is 9.59 Å². The number of ketones is 1. The number of rotatable bonds is 1. The number of nitrogens with one attached hydrogen (secondary N) is 1. The van der Waals surface area contributed by atoms with Crippen molar-refractivity contribution in [2.45, 2.75) is 31.8 Å². The van der Waals surface area contributed by atoms with Crippen LogP contribution in [0.3, 0.4) is 0 Å². The number of Topliss-reactive ketones (excluding diaryl/α,β-unsaturated/α-hetero) is 1. The van der Waals surface area contributed by atoms with Gasteiger partial charge >= 0.3 is 0 Å². The smallest absolute Gasteiger partial charge is 0.266 e. The van der Waals surface area contributed by atoms with Gasteiger partial charge in [-0.3, -0.25) is 9.59 Å². The number of aromatic nitrogens is 1. The summed E-state index contributed by atoms with van der Waals surface area (Å²) in [5, 5.41) is 2.76. The Morgan fingerprint density at radius 1 is 1.32 bits per heavy atom. The Bertz CT molecular complexity index is 537. The molecule has 1 aliphatic heterocycles. The molecule has 0 spiro atoms. The molecule has 2 aliphatic rings. The van der Waals surface area contributed by atoms with Gasteiger partial charge in [0, 0.05) is 29.4 Å². The van der Waals surface area contributed by atoms with Crippen molar-refractivity contribution in [3.63, 3.8) is 0 Å². The van der Waals surface area contributed by atoms with E-state index in [9.17, 15) is 9.59 Å². The molecule has 1 amide bonds. The minimum atomic E-state index is -0.517. The van der Waals surface area contributed by atoms with Crippen LogP contribution < -0.4 is 10.1 Å². The summed E-state index contributed by atoms with van der Waals surface area (Å²) in [4.78, 5) is 27.4. The fourth-order valence-corrected chi connectivity index (χ4v) is 2.87. The summed E-state index contributed by atoms with van der Waals surface area (Å²) in [6.07, 6.45) is 3.61. The highest BCUT2D eigenvalue weighted by atomic mass is 79.9. The Hall–Kier alpha value is -1.43. The topological polar surface area (TPSA) is 68.3 Å². The fourth-order valence-electron chi connectivity index (χ4n) is 2.56. The maximum Gasteiger partial charge on any atom is 0.266 e. The summed E-state index contributed by atoms with van der Waals surface area (Å²) in [5.41, 5.74) is 0. The van der Waals surface area contributed by atoms with Gasteiger partial charge in [0.05, 0.1) is 0 Å². The van der Waals surface area contributed by atoms with Crippen LogP contribution in [0.4, 0.5) is 5.82 Å². The minimum absolute atomic E-state index is 0.102. The molecule has 1 unspecified atom stereocenters. The van der Waals surface area contributed by atoms with Gasteiger partial charge in [0.15, 0.2) is 17.7 Å². The van der Waals surface area contributed by atoms with Crippen LogP contribution in [0.25, 0.3) is 0 Å². The first-order valence-corrected chi connectivity index (χ1v) is 7.07. The van der Waals surface area contributed by atoms with Crippen molar-refractivity contribution in [3.8, 4) is 5.75 Å². The molecule has 6 heteroatoms. The van der Waals surface area contributed by atoms with E-state index in [1.54, 1.807) is 12.3 Å². The number of nitrogens with zero attached hydrogens (tertiary/aromatic N) is 1. The van der Waals surface area contributed by atoms with Gasteiger partial charge in [-0.25, -0.2) is 4.98 Å². The first-order valence-electron chi connectivity index (χ1n) is 6.28. The van der Waals surface area contributed by atoms with Crippen molar-refractivity contribution in [1.82, 2.24) is 4.98 Å². The molecule has 100 valence electrons. The lowest BCUT2D eigenvalue weighted by molar-refractivity contribution is -0.129. The lowest BCUT2D eigenvalue weighted by Gasteiger charge is -2.32. The van der Waals surface area contributed by atoms with E-state index in [0.717, 1.165) is 4.47 Å². The van der Waals surface area contributed by atoms with Crippen LogP contribution in [0.1, 0.15) is 25.7 Å². The van der Waals surface area contributed by atoms with E-state index < -0.39 is 6.10 Å². The molecular weight excluding hydrogens is 312 g/mol. The second kappa shape index (κ2) is 4.92. The first-order chi connectivity index (χ1) is 9.13. The van der Waals surface area contributed by atoms with Gasteiger partial charge in [-0.05, 0) is 34.8 Å². The molecule has 19 heavy (non-hydrogen) atoms. The van der Waals surface area contributed by atoms with Crippen molar-refractivity contribution in [3.05, 3.63) is 16.7 Å². The van der Waals surface area contributed by atoms with E-state index >= 15 is 0 Å². The molecule has 1 atom stereocenters. The average molecular weight is 325 g/mol. The third-order valence-corrected chi connectivity index (χ3v) is 4.02. The van der Waals surface area contributed by atoms with Gasteiger partial charge in [0.1, 0.15) is 5.78 Å². The van der Waals surface area contributed by atoms with Crippen LogP contribution in [-0.4, -0.2) is 22.8 Å². The van der Waals surface area contributed by atoms with Crippen molar-refractivity contribution in [2.24, 2.45) is 5.92 Å². The molecule has 1 aliphatic carbocycles. The summed E-state index contributed by atoms with van der Waals surface area (Å²) in [7, 11) is 0. The number of anilines is 1. The summed E-state index contributed by atoms with van der Waals surface area (Å²) in [5.74, 6) is 1.25. The van der Waals surface area contributed by atoms with Crippen molar-refractivity contribution >= 4 is 33.4 Å². The molecule has 1 aromatic rings. The standard InChI is InChI=1S/C13H13BrN2O3/c14-8-5-10-12(15-6-8)16-13(18)11(19-10)7-1-3-9(17)4-2-7/h5-7,11H,1-4H2,(H,15,16,18). The molecular formula is C13H13BrN2O3. The molecule has 1 N–H and O–H groups in total. The number of hydrogen-bond acceptors (Lipinski definition) is 4. The molecule has 3 rings (SSSR count). The Morgan fingerprint density at radius 2 is 2.05 bits per heavy atom. The molecule has 0 radical (unpaired) electrons. The van der Waals surface area contributed by atoms with Crippen LogP contribution in [0.15, 0.2) is 16.7 Å². The predicted octanol–water partition coefficient (Wildman–Crippen LogP) is 2.30. The molecule has 1 aromatic heterocycles. The lowest BCUT2D eigenvalue weighted by atomic mass is 9.84. The second-order valence-electron chi connectivity index (χ2n) is 4.90. The van der Waals surface area contributed by atoms with Crippen LogP contribution in [0, 0.1) is 5.92 Å². The van der Waals surface area contributed by atoms with E-state index in [4.69, 9.17) is 4.74 Å². The van der Waals surface area contributed by atoms with Crippen LogP contribution in [0.5, 0.6) is 5.75 Å². The van der Waals surface area contributed by atoms with Gasteiger partial charge in [-0.15, -0.1) is 0 Å². The Balaban J connectivity index is 1.81. The molecule has 1 saturated carbocycles. The van der Waals surface area contributed by atoms with Crippen molar-refractivity contribution in [1.29, 1.82) is 0 Å². The van der Waals surface area contributed by atoms with E-state index in [1.807, 2.05) is 0 Å². The maximum absolute atomic E-state index is 12.0. The normalized spacial score (nSPS) is 23.5. The van der Waals surface area contributed by atoms with Gasteiger partial charge in [0.25, 0.3) is 5.91 Å². The number of carbonyl (C=O) groups is 2. The van der Waals surface area contributed by atoms with E-state index in [-0.39, 0.29) is 17.6 Å². The largest absolute Gasteiger partial charge is 0.476 e. The Morgan fingerprint density at radius 3 is 2.79 bits per heavy atom. The first kappa shape index (κ1) is 12.6. The Kier molecular flexibility index (Phi) is 3.26. The number of hydrogen-bond donors (Lipinski definition) is 1. The Labute approximate surface area is 118 Å². The lowest BCUT2D eigenvalue weighted by Crippen LogP contribution is -2.44. The number of ether oxygens (including phenoxy) is 1. The average Bonchev–Trinajstić information content (AvgIpc) is 2.40. The molecule has 0 bridgehead atoms. The van der Waals surface area contributed by atoms with Crippen molar-refractivity contribution in [2.75, 3.05) is 5.32 Å². The number of halogens is 1. The number of pyridine rings is 1. The molecule has 5 nitrogen and oxygen atoms in total. The SMILES string of the molecule is O=C1CCC(C2Oc3cc(Br)cnc3NC2=O)CC1. The van der Waals surface area contributed by atoms with Gasteiger partial charge in [-0.2, -0.15) is 0 Å². The molecule has 0 saturated heterocycles. The minimum Gasteiger partial charge on any atom is -0.476 e. The summed E-state index contributed by atoms with van der Waals surface area (Å²) < 4.78 is 6.59. The summed E-state index contributed by atoms with van der Waals surface area (Å²) >= 11 is 3.33. The third-order valence-electron chi connectivity index (χ3n) is 3.59. The van der Waals surface area contributed by atoms with E-state index in [0.29, 0.717) is 37.3 Å². The van der Waals surface area contributed by atoms with Crippen molar-refractivity contribution < 1.29 is 14.3 Å². The predicted molar refractivity (Wildman–Crippen MR) is 71.9 cm³/mol. The molecule has 1 fully saturated rings. The maximum atomic E-state index is 12.0. The van der Waals surface area contributed by atoms with Gasteiger partial charge in [-0.1, -0.05) is 0 Å². The number of fused-ring (bicyclic) bond motifs is 1. The second-order valence-corrected chi connectivity index (χ2v) is 5.82. The quantitative estimate of drug-likeness (QED) is 0.860. The zero-order chi connectivity index (χ0) is 13.4. The third kappa shape index (κ3) is 2.49. The zero-order valence-corrected chi connectivity index (χ0v) is 11.8. The highest BCUT2D eigenvalue weighted by molar-refractivity contribution is 9.10. The highest BCUT2D eigenvalue weighted by Gasteiger charge is 2.37. The zero-order valence-electron chi connectivity index (χ0n) is 10.2. The number of carbonyl (C=O) groups excluding carboxylic acids is 2. The van der Waals surface area contributed by atoms with E-state index in [1.165, 1.54) is 0 Å². The fraction of sp³-hybridized carbons (Fsp3) is 0.462. The van der Waals surface area contributed by atoms with Gasteiger partial charge in [0.2, 0.25) is 0 Å². The summed E-state index contributed by atoms with van der Waals surface area (Å²) in [6.45, 7) is 0. The monoisotopic (exact) mass is 324 g/mol. The van der Waals surface area contributed by atoms with E-state index in [2.05, 4.69) is 26.2 Å². The molecule has 2 heterocycles. The van der Waals surface area contributed by atoms with Crippen LogP contribution >= 0.6 is 15.9 Å². The summed E-state index contributed by atoms with van der Waals surface area (Å²) in [6, 6.07) is 1.79. The van der Waals surface area contributed by atoms with Gasteiger partial charge < -0.3 is 10.1 Å². The van der Waals surface area contributed by atoms with Crippen LogP contribution in [0.2, 0.25) is 0 Å². The molecule has 0 aromatic carbocycles.